The first-order chi connectivity index (χ1) is 10.6. The van der Waals surface area contributed by atoms with Crippen LogP contribution in [0.1, 0.15) is 33.3 Å². The van der Waals surface area contributed by atoms with Gasteiger partial charge in [-0.2, -0.15) is 0 Å². The standard InChI is InChI=1S/C15H21B2NO4S/c1-14(2)15(3,4)22-17(21-14)13-8-6-12(7-9-13)10-23(5,19)16-20-11-18/h6-9H,10H2,1-5H3. The summed E-state index contributed by atoms with van der Waals surface area (Å²) in [6, 6.07) is 7.61. The van der Waals surface area contributed by atoms with E-state index < -0.39 is 16.5 Å². The Labute approximate surface area is 139 Å². The molecule has 1 aromatic rings. The van der Waals surface area contributed by atoms with E-state index in [0.717, 1.165) is 17.4 Å². The van der Waals surface area contributed by atoms with Gasteiger partial charge in [0.15, 0.2) is 0 Å². The molecule has 0 bridgehead atoms. The zero-order chi connectivity index (χ0) is 17.3. The molecular weight excluding hydrogens is 312 g/mol. The summed E-state index contributed by atoms with van der Waals surface area (Å²) in [6.45, 7) is 8.05. The van der Waals surface area contributed by atoms with Gasteiger partial charge in [0, 0.05) is 0 Å². The fourth-order valence-electron chi connectivity index (χ4n) is 2.24. The van der Waals surface area contributed by atoms with Crippen LogP contribution in [0.3, 0.4) is 0 Å². The van der Waals surface area contributed by atoms with Crippen molar-refractivity contribution in [3.8, 4) is 6.26 Å². The van der Waals surface area contributed by atoms with E-state index in [2.05, 4.69) is 4.65 Å². The van der Waals surface area contributed by atoms with Gasteiger partial charge >= 0.3 is 139 Å². The Morgan fingerprint density at radius 1 is 1.22 bits per heavy atom. The van der Waals surface area contributed by atoms with Gasteiger partial charge in [-0.25, -0.2) is 0 Å². The van der Waals surface area contributed by atoms with Crippen molar-refractivity contribution >= 4 is 28.3 Å². The third-order valence-corrected chi connectivity index (χ3v) is 5.67. The van der Waals surface area contributed by atoms with Gasteiger partial charge in [0.25, 0.3) is 0 Å². The van der Waals surface area contributed by atoms with Crippen LogP contribution in [0, 0.1) is 11.5 Å². The van der Waals surface area contributed by atoms with Crippen LogP contribution in [0.5, 0.6) is 0 Å². The van der Waals surface area contributed by atoms with Crippen molar-refractivity contribution in [1.29, 1.82) is 5.26 Å². The van der Waals surface area contributed by atoms with Gasteiger partial charge in [0.2, 0.25) is 0 Å². The van der Waals surface area contributed by atoms with Crippen molar-refractivity contribution in [2.24, 2.45) is 0 Å². The predicted octanol–water partition coefficient (Wildman–Crippen LogP) is 1.43. The molecule has 1 fully saturated rings. The Hall–Kier alpha value is -1.29. The number of hydrogen-bond donors (Lipinski definition) is 0. The van der Waals surface area contributed by atoms with Crippen molar-refractivity contribution in [1.82, 2.24) is 0 Å². The van der Waals surface area contributed by atoms with E-state index in [1.165, 1.54) is 6.26 Å². The van der Waals surface area contributed by atoms with Crippen molar-refractivity contribution in [3.05, 3.63) is 29.8 Å². The van der Waals surface area contributed by atoms with Crippen LogP contribution in [0.25, 0.3) is 0 Å². The molecule has 1 unspecified atom stereocenters. The fourth-order valence-corrected chi connectivity index (χ4v) is 3.41. The summed E-state index contributed by atoms with van der Waals surface area (Å²) in [5.74, 6) is 0.318. The Bertz CT molecular complexity index is 715. The van der Waals surface area contributed by atoms with Crippen molar-refractivity contribution in [2.45, 2.75) is 44.6 Å². The number of hydrogen-bond acceptors (Lipinski definition) is 5. The van der Waals surface area contributed by atoms with E-state index in [1.54, 1.807) is 6.26 Å². The molecule has 1 atom stereocenters. The number of rotatable bonds is 4. The van der Waals surface area contributed by atoms with E-state index in [-0.39, 0.29) is 11.2 Å². The molecule has 122 valence electrons. The van der Waals surface area contributed by atoms with Crippen LogP contribution in [-0.4, -0.2) is 35.1 Å². The first-order valence-electron chi connectivity index (χ1n) is 7.36. The second kappa shape index (κ2) is 6.31. The molecule has 0 spiro atoms. The first-order valence-corrected chi connectivity index (χ1v) is 9.55. The molecule has 1 aromatic carbocycles. The van der Waals surface area contributed by atoms with Crippen LogP contribution in [-0.2, 0) is 29.1 Å². The van der Waals surface area contributed by atoms with E-state index in [4.69, 9.17) is 14.6 Å². The molecule has 8 heteroatoms. The molecule has 0 aliphatic carbocycles. The van der Waals surface area contributed by atoms with E-state index in [1.807, 2.05) is 52.0 Å². The number of nitriles is 1. The van der Waals surface area contributed by atoms with Gasteiger partial charge in [-0.05, 0) is 0 Å². The fraction of sp³-hybridized carbons (Fsp3) is 0.533. The van der Waals surface area contributed by atoms with Crippen molar-refractivity contribution < 1.29 is 18.2 Å². The van der Waals surface area contributed by atoms with Crippen LogP contribution < -0.4 is 5.46 Å². The van der Waals surface area contributed by atoms with E-state index >= 15 is 0 Å². The number of nitrogens with zero attached hydrogens (tertiary/aromatic N) is 1. The van der Waals surface area contributed by atoms with Crippen LogP contribution in [0.4, 0.5) is 0 Å². The van der Waals surface area contributed by atoms with Gasteiger partial charge < -0.3 is 0 Å². The minimum atomic E-state index is -2.35. The van der Waals surface area contributed by atoms with Crippen molar-refractivity contribution in [3.63, 3.8) is 0 Å². The minimum absolute atomic E-state index is 0.318. The molecule has 0 saturated carbocycles. The summed E-state index contributed by atoms with van der Waals surface area (Å²) in [5.41, 5.74) is 1.07. The molecule has 23 heavy (non-hydrogen) atoms. The zero-order valence-corrected chi connectivity index (χ0v) is 15.0. The first kappa shape index (κ1) is 18.1. The molecule has 1 aliphatic heterocycles. The molecule has 5 nitrogen and oxygen atoms in total. The summed E-state index contributed by atoms with van der Waals surface area (Å²) in [7, 11) is -2.76. The van der Waals surface area contributed by atoms with Gasteiger partial charge in [0.05, 0.1) is 0 Å². The Balaban J connectivity index is 2.13. The third-order valence-electron chi connectivity index (χ3n) is 4.26. The molecule has 0 radical (unpaired) electrons. The molecule has 1 saturated heterocycles. The maximum atomic E-state index is 12.2. The summed E-state index contributed by atoms with van der Waals surface area (Å²) in [6.07, 6.45) is 4.17. The monoisotopic (exact) mass is 333 g/mol. The number of benzene rings is 1. The van der Waals surface area contributed by atoms with Gasteiger partial charge in [-0.1, -0.05) is 0 Å². The zero-order valence-electron chi connectivity index (χ0n) is 14.2. The van der Waals surface area contributed by atoms with Gasteiger partial charge in [-0.15, -0.1) is 0 Å². The summed E-state index contributed by atoms with van der Waals surface area (Å²) in [4.78, 5) is 0. The van der Waals surface area contributed by atoms with Crippen LogP contribution in [0.2, 0.25) is 0 Å². The second-order valence-corrected chi connectivity index (χ2v) is 9.48. The van der Waals surface area contributed by atoms with E-state index in [0.29, 0.717) is 5.75 Å². The van der Waals surface area contributed by atoms with E-state index in [9.17, 15) is 4.21 Å². The molecular formula is C15H21B2NO4S. The molecule has 0 N–H and O–H groups in total. The molecule has 1 heterocycles. The van der Waals surface area contributed by atoms with Gasteiger partial charge in [-0.3, -0.25) is 0 Å². The average molecular weight is 333 g/mol. The molecule has 1 aliphatic rings. The normalized spacial score (nSPS) is 21.1. The predicted molar refractivity (Wildman–Crippen MR) is 92.4 cm³/mol. The summed E-state index contributed by atoms with van der Waals surface area (Å²) in [5, 5.41) is 8.38. The SMILES string of the molecule is CC1(C)OB(c2ccc(CS(C)(=O)=BOC#N)cc2)OC1(C)C. The maximum absolute atomic E-state index is 12.2. The molecule has 0 amide bonds. The average Bonchev–Trinajstić information content (AvgIpc) is 2.66. The Morgan fingerprint density at radius 3 is 2.22 bits per heavy atom. The second-order valence-electron chi connectivity index (χ2n) is 6.85. The van der Waals surface area contributed by atoms with Crippen LogP contribution in [0.15, 0.2) is 24.3 Å². The van der Waals surface area contributed by atoms with Crippen molar-refractivity contribution in [2.75, 3.05) is 6.26 Å². The molecule has 0 aromatic heterocycles. The van der Waals surface area contributed by atoms with Gasteiger partial charge in [0.1, 0.15) is 0 Å². The third kappa shape index (κ3) is 4.17. The Kier molecular flexibility index (Phi) is 4.95. The summed E-state index contributed by atoms with van der Waals surface area (Å²) >= 11 is 0. The Morgan fingerprint density at radius 2 is 1.74 bits per heavy atom. The topological polar surface area (TPSA) is 68.5 Å². The molecule has 2 rings (SSSR count). The quantitative estimate of drug-likeness (QED) is 0.616. The summed E-state index contributed by atoms with van der Waals surface area (Å²) < 4.78 is 28.7. The van der Waals surface area contributed by atoms with Crippen LogP contribution >= 0.6 is 0 Å².